The third-order valence-electron chi connectivity index (χ3n) is 3.85. The van der Waals surface area contributed by atoms with Crippen molar-refractivity contribution in [2.45, 2.75) is 14.4 Å². The predicted octanol–water partition coefficient (Wildman–Crippen LogP) is 3.26. The third kappa shape index (κ3) is 3.86. The second kappa shape index (κ2) is 8.29. The molecule has 2 aromatic heterocycles. The first-order chi connectivity index (χ1) is 12.0. The fourth-order valence-electron chi connectivity index (χ4n) is 2.65. The summed E-state index contributed by atoms with van der Waals surface area (Å²) in [5, 5.41) is 7.79. The van der Waals surface area contributed by atoms with Crippen molar-refractivity contribution in [2.75, 3.05) is 25.6 Å². The number of hydrogen-bond acceptors (Lipinski definition) is 5. The number of primary amides is 1. The molecule has 0 atom stereocenters. The lowest BCUT2D eigenvalue weighted by Crippen LogP contribution is -2.12. The van der Waals surface area contributed by atoms with Gasteiger partial charge in [0.1, 0.15) is 4.60 Å². The number of fused-ring (bicyclic) bond motifs is 1. The number of ether oxygens (including phenoxy) is 1. The molecule has 0 aliphatic heterocycles. The maximum atomic E-state index is 11.4. The van der Waals surface area contributed by atoms with Crippen LogP contribution in [0.25, 0.3) is 16.9 Å². The molecule has 0 unspecified atom stereocenters. The van der Waals surface area contributed by atoms with E-state index in [9.17, 15) is 4.79 Å². The largest absolute Gasteiger partial charge is 0.383 e. The van der Waals surface area contributed by atoms with Crippen LogP contribution in [0.5, 0.6) is 0 Å². The number of carbonyl (C=O) groups is 1. The molecule has 3 aromatic rings. The first kappa shape index (κ1) is 19.9. The number of nitrogens with one attached hydrogen (secondary N) is 1. The Morgan fingerprint density at radius 3 is 2.81 bits per heavy atom. The fraction of sp³-hybridized carbons (Fsp3) is 0.278. The zero-order valence-electron chi connectivity index (χ0n) is 13.9. The zero-order valence-corrected chi connectivity index (χ0v) is 15.5. The molecule has 0 spiro atoms. The standard InChI is InChI=1S/C17H18BrN5O2.CH4/c1-10-7-11(3-4-12(10)16(19)24)14-9-21-17-13(20-5-6-25-2)8-15(18)22-23(14)17;/h3-4,7-9,20H,5-6H2,1-2H3,(H2,19,24);1H4. The number of nitrogens with two attached hydrogens (primary N) is 1. The predicted molar refractivity (Wildman–Crippen MR) is 106 cm³/mol. The molecule has 0 saturated heterocycles. The van der Waals surface area contributed by atoms with Crippen LogP contribution in [0.4, 0.5) is 5.69 Å². The Balaban J connectivity index is 0.00000243. The highest BCUT2D eigenvalue weighted by atomic mass is 79.9. The number of rotatable bonds is 6. The number of carbonyl (C=O) groups excluding carboxylic acids is 1. The van der Waals surface area contributed by atoms with Crippen LogP contribution < -0.4 is 11.1 Å². The van der Waals surface area contributed by atoms with E-state index in [0.717, 1.165) is 22.5 Å². The summed E-state index contributed by atoms with van der Waals surface area (Å²) in [6, 6.07) is 7.35. The van der Waals surface area contributed by atoms with E-state index in [1.165, 1.54) is 0 Å². The van der Waals surface area contributed by atoms with E-state index in [0.29, 0.717) is 29.0 Å². The van der Waals surface area contributed by atoms with E-state index < -0.39 is 5.91 Å². The van der Waals surface area contributed by atoms with Crippen molar-refractivity contribution in [3.05, 3.63) is 46.2 Å². The summed E-state index contributed by atoms with van der Waals surface area (Å²) in [6.45, 7) is 3.11. The van der Waals surface area contributed by atoms with Crippen LogP contribution in [0, 0.1) is 6.92 Å². The van der Waals surface area contributed by atoms with Crippen molar-refractivity contribution in [3.8, 4) is 11.3 Å². The maximum Gasteiger partial charge on any atom is 0.248 e. The maximum absolute atomic E-state index is 11.4. The van der Waals surface area contributed by atoms with E-state index in [1.54, 1.807) is 23.9 Å². The average Bonchev–Trinajstić information content (AvgIpc) is 2.98. The van der Waals surface area contributed by atoms with Gasteiger partial charge in [0.15, 0.2) is 5.65 Å². The molecule has 0 bridgehead atoms. The molecule has 138 valence electrons. The molecule has 7 nitrogen and oxygen atoms in total. The number of benzene rings is 1. The highest BCUT2D eigenvalue weighted by molar-refractivity contribution is 9.10. The average molecular weight is 420 g/mol. The van der Waals surface area contributed by atoms with Gasteiger partial charge in [0, 0.05) is 24.8 Å². The summed E-state index contributed by atoms with van der Waals surface area (Å²) < 4.78 is 7.52. The lowest BCUT2D eigenvalue weighted by Gasteiger charge is -2.09. The number of methoxy groups -OCH3 is 1. The number of aromatic nitrogens is 3. The Hall–Kier alpha value is -2.45. The Labute approximate surface area is 160 Å². The number of anilines is 1. The number of nitrogens with zero attached hydrogens (tertiary/aromatic N) is 3. The van der Waals surface area contributed by atoms with Gasteiger partial charge in [0.2, 0.25) is 5.91 Å². The van der Waals surface area contributed by atoms with Gasteiger partial charge in [-0.3, -0.25) is 4.79 Å². The van der Waals surface area contributed by atoms with Crippen molar-refractivity contribution >= 4 is 33.2 Å². The summed E-state index contributed by atoms with van der Waals surface area (Å²) >= 11 is 3.44. The molecule has 2 heterocycles. The molecule has 0 radical (unpaired) electrons. The van der Waals surface area contributed by atoms with Crippen LogP contribution in [-0.4, -0.2) is 40.8 Å². The van der Waals surface area contributed by atoms with E-state index in [1.807, 2.05) is 25.1 Å². The van der Waals surface area contributed by atoms with E-state index >= 15 is 0 Å². The second-order valence-electron chi connectivity index (χ2n) is 5.57. The smallest absolute Gasteiger partial charge is 0.248 e. The quantitative estimate of drug-likeness (QED) is 0.597. The van der Waals surface area contributed by atoms with Gasteiger partial charge >= 0.3 is 0 Å². The number of aryl methyl sites for hydroxylation is 1. The molecule has 26 heavy (non-hydrogen) atoms. The van der Waals surface area contributed by atoms with Gasteiger partial charge < -0.3 is 15.8 Å². The van der Waals surface area contributed by atoms with Crippen LogP contribution in [0.1, 0.15) is 23.3 Å². The zero-order chi connectivity index (χ0) is 18.0. The van der Waals surface area contributed by atoms with Crippen LogP contribution in [0.3, 0.4) is 0 Å². The summed E-state index contributed by atoms with van der Waals surface area (Å²) in [5.41, 5.74) is 10.0. The number of imidazole rings is 1. The van der Waals surface area contributed by atoms with Crippen molar-refractivity contribution in [1.82, 2.24) is 14.6 Å². The van der Waals surface area contributed by atoms with Gasteiger partial charge in [-0.2, -0.15) is 5.10 Å². The number of hydrogen-bond donors (Lipinski definition) is 2. The fourth-order valence-corrected chi connectivity index (χ4v) is 3.04. The van der Waals surface area contributed by atoms with Crippen molar-refractivity contribution in [1.29, 1.82) is 0 Å². The molecule has 8 heteroatoms. The van der Waals surface area contributed by atoms with Crippen LogP contribution in [-0.2, 0) is 4.74 Å². The molecule has 0 aliphatic carbocycles. The minimum absolute atomic E-state index is 0. The molecule has 0 fully saturated rings. The minimum Gasteiger partial charge on any atom is -0.383 e. The molecule has 3 rings (SSSR count). The van der Waals surface area contributed by atoms with Gasteiger partial charge in [0.05, 0.1) is 24.2 Å². The first-order valence-electron chi connectivity index (χ1n) is 7.69. The van der Waals surface area contributed by atoms with Gasteiger partial charge in [0.25, 0.3) is 0 Å². The van der Waals surface area contributed by atoms with Crippen LogP contribution in [0.2, 0.25) is 0 Å². The topological polar surface area (TPSA) is 94.5 Å². The molecule has 1 amide bonds. The summed E-state index contributed by atoms with van der Waals surface area (Å²) in [6.07, 6.45) is 1.76. The SMILES string of the molecule is C.COCCNc1cc(Br)nn2c(-c3ccc(C(N)=O)c(C)c3)cnc12. The highest BCUT2D eigenvalue weighted by Gasteiger charge is 2.14. The first-order valence-corrected chi connectivity index (χ1v) is 8.48. The van der Waals surface area contributed by atoms with E-state index in [-0.39, 0.29) is 7.43 Å². The Morgan fingerprint density at radius 2 is 2.15 bits per heavy atom. The van der Waals surface area contributed by atoms with Gasteiger partial charge in [-0.15, -0.1) is 0 Å². The molecule has 1 aromatic carbocycles. The molecular weight excluding hydrogens is 398 g/mol. The summed E-state index contributed by atoms with van der Waals surface area (Å²) in [4.78, 5) is 15.9. The molecule has 0 aliphatic rings. The van der Waals surface area contributed by atoms with Gasteiger partial charge in [-0.05, 0) is 46.6 Å². The number of halogens is 1. The molecule has 0 saturated carbocycles. The van der Waals surface area contributed by atoms with E-state index in [4.69, 9.17) is 10.5 Å². The molecular formula is C18H22BrN5O2. The second-order valence-corrected chi connectivity index (χ2v) is 6.39. The van der Waals surface area contributed by atoms with Crippen LogP contribution >= 0.6 is 15.9 Å². The van der Waals surface area contributed by atoms with Crippen LogP contribution in [0.15, 0.2) is 35.1 Å². The van der Waals surface area contributed by atoms with Crippen molar-refractivity contribution in [3.63, 3.8) is 0 Å². The Kier molecular flexibility index (Phi) is 6.33. The van der Waals surface area contributed by atoms with E-state index in [2.05, 4.69) is 31.3 Å². The lowest BCUT2D eigenvalue weighted by atomic mass is 10.0. The van der Waals surface area contributed by atoms with Crippen molar-refractivity contribution in [2.24, 2.45) is 5.73 Å². The Bertz CT molecular complexity index is 939. The summed E-state index contributed by atoms with van der Waals surface area (Å²) in [5.74, 6) is -0.437. The monoisotopic (exact) mass is 419 g/mol. The third-order valence-corrected chi connectivity index (χ3v) is 4.23. The summed E-state index contributed by atoms with van der Waals surface area (Å²) in [7, 11) is 1.66. The van der Waals surface area contributed by atoms with Crippen molar-refractivity contribution < 1.29 is 9.53 Å². The normalized spacial score (nSPS) is 10.6. The number of amides is 1. The van der Waals surface area contributed by atoms with Gasteiger partial charge in [-0.1, -0.05) is 13.5 Å². The highest BCUT2D eigenvalue weighted by Crippen LogP contribution is 2.27. The lowest BCUT2D eigenvalue weighted by molar-refractivity contribution is 0.0999. The van der Waals surface area contributed by atoms with Gasteiger partial charge in [-0.25, -0.2) is 9.50 Å². The minimum atomic E-state index is -0.437. The Morgan fingerprint density at radius 1 is 1.38 bits per heavy atom. The molecule has 3 N–H and O–H groups in total.